The smallest absolute Gasteiger partial charge is 0.161 e. The Kier molecular flexibility index (Phi) is 6.21. The Balaban J connectivity index is 2.08. The fourth-order valence-corrected chi connectivity index (χ4v) is 2.22. The molecule has 0 amide bonds. The Morgan fingerprint density at radius 1 is 1.18 bits per heavy atom. The van der Waals surface area contributed by atoms with Gasteiger partial charge in [0, 0.05) is 6.54 Å². The average Bonchev–Trinajstić information content (AvgIpc) is 2.95. The van der Waals surface area contributed by atoms with Gasteiger partial charge in [0.25, 0.3) is 0 Å². The molecular weight excluding hydrogens is 282 g/mol. The molecule has 0 saturated heterocycles. The van der Waals surface area contributed by atoms with E-state index in [4.69, 9.17) is 9.47 Å². The lowest BCUT2D eigenvalue weighted by atomic mass is 10.2. The van der Waals surface area contributed by atoms with Crippen molar-refractivity contribution in [2.24, 2.45) is 0 Å². The average molecular weight is 305 g/mol. The van der Waals surface area contributed by atoms with Crippen molar-refractivity contribution >= 4 is 0 Å². The number of methoxy groups -OCH3 is 1. The Morgan fingerprint density at radius 2 is 1.95 bits per heavy atom. The number of unbranched alkanes of at least 4 members (excludes halogenated alkanes) is 2. The zero-order valence-electron chi connectivity index (χ0n) is 13.2. The number of aliphatic hydroxyl groups is 1. The molecular formula is C16H23N3O3. The predicted molar refractivity (Wildman–Crippen MR) is 82.8 cm³/mol. The van der Waals surface area contributed by atoms with Gasteiger partial charge in [-0.1, -0.05) is 37.1 Å². The summed E-state index contributed by atoms with van der Waals surface area (Å²) >= 11 is 0. The van der Waals surface area contributed by atoms with Crippen molar-refractivity contribution < 1.29 is 14.6 Å². The predicted octanol–water partition coefficient (Wildman–Crippen LogP) is 2.55. The summed E-state index contributed by atoms with van der Waals surface area (Å²) in [7, 11) is 1.61. The third-order valence-corrected chi connectivity index (χ3v) is 3.47. The molecule has 0 aliphatic heterocycles. The second-order valence-electron chi connectivity index (χ2n) is 5.01. The van der Waals surface area contributed by atoms with Crippen molar-refractivity contribution in [2.75, 3.05) is 7.11 Å². The number of aliphatic hydroxyl groups excluding tert-OH is 1. The van der Waals surface area contributed by atoms with Crippen molar-refractivity contribution in [2.45, 2.75) is 45.9 Å². The first kappa shape index (κ1) is 16.3. The molecule has 0 aliphatic carbocycles. The fourth-order valence-electron chi connectivity index (χ4n) is 2.22. The van der Waals surface area contributed by atoms with Crippen LogP contribution in [0.25, 0.3) is 0 Å². The highest BCUT2D eigenvalue weighted by molar-refractivity contribution is 5.39. The fraction of sp³-hybridized carbons (Fsp3) is 0.500. The van der Waals surface area contributed by atoms with Crippen LogP contribution in [0.1, 0.15) is 37.6 Å². The SMILES string of the molecule is CCCCCn1nnc(CO)c1COc1ccccc1OC. The molecule has 0 spiro atoms. The van der Waals surface area contributed by atoms with Crippen LogP contribution in [0.3, 0.4) is 0 Å². The van der Waals surface area contributed by atoms with Crippen LogP contribution in [-0.2, 0) is 19.8 Å². The number of aromatic nitrogens is 3. The van der Waals surface area contributed by atoms with E-state index < -0.39 is 0 Å². The van der Waals surface area contributed by atoms with Gasteiger partial charge >= 0.3 is 0 Å². The summed E-state index contributed by atoms with van der Waals surface area (Å²) in [5.41, 5.74) is 1.37. The molecule has 2 aromatic rings. The quantitative estimate of drug-likeness (QED) is 0.721. The van der Waals surface area contributed by atoms with E-state index in [1.165, 1.54) is 0 Å². The van der Waals surface area contributed by atoms with Gasteiger partial charge in [0.05, 0.1) is 13.7 Å². The van der Waals surface area contributed by atoms with E-state index in [2.05, 4.69) is 17.2 Å². The van der Waals surface area contributed by atoms with Crippen molar-refractivity contribution in [1.82, 2.24) is 15.0 Å². The zero-order valence-corrected chi connectivity index (χ0v) is 13.2. The molecule has 0 radical (unpaired) electrons. The topological polar surface area (TPSA) is 69.4 Å². The first-order valence-corrected chi connectivity index (χ1v) is 7.58. The Morgan fingerprint density at radius 3 is 2.64 bits per heavy atom. The molecule has 2 rings (SSSR count). The molecule has 0 unspecified atom stereocenters. The molecule has 120 valence electrons. The number of ether oxygens (including phenoxy) is 2. The molecule has 0 atom stereocenters. The normalized spacial score (nSPS) is 10.7. The number of nitrogens with zero attached hydrogens (tertiary/aromatic N) is 3. The van der Waals surface area contributed by atoms with Crippen molar-refractivity contribution in [3.8, 4) is 11.5 Å². The van der Waals surface area contributed by atoms with Gasteiger partial charge in [0.2, 0.25) is 0 Å². The van der Waals surface area contributed by atoms with Crippen LogP contribution < -0.4 is 9.47 Å². The maximum atomic E-state index is 9.41. The Bertz CT molecular complexity index is 584. The van der Waals surface area contributed by atoms with E-state index in [-0.39, 0.29) is 6.61 Å². The molecule has 6 heteroatoms. The molecule has 6 nitrogen and oxygen atoms in total. The summed E-state index contributed by atoms with van der Waals surface area (Å²) in [6.45, 7) is 3.10. The highest BCUT2D eigenvalue weighted by Gasteiger charge is 2.13. The minimum absolute atomic E-state index is 0.140. The van der Waals surface area contributed by atoms with Crippen LogP contribution in [0.5, 0.6) is 11.5 Å². The first-order chi connectivity index (χ1) is 10.8. The van der Waals surface area contributed by atoms with Crippen molar-refractivity contribution in [3.63, 3.8) is 0 Å². The number of aryl methyl sites for hydroxylation is 1. The highest BCUT2D eigenvalue weighted by atomic mass is 16.5. The van der Waals surface area contributed by atoms with E-state index in [1.807, 2.05) is 28.9 Å². The lowest BCUT2D eigenvalue weighted by Crippen LogP contribution is -2.10. The summed E-state index contributed by atoms with van der Waals surface area (Å²) < 4.78 is 12.9. The molecule has 1 N–H and O–H groups in total. The molecule has 0 fully saturated rings. The second kappa shape index (κ2) is 8.38. The van der Waals surface area contributed by atoms with Crippen LogP contribution in [0.2, 0.25) is 0 Å². The summed E-state index contributed by atoms with van der Waals surface area (Å²) in [6, 6.07) is 7.48. The minimum Gasteiger partial charge on any atom is -0.493 e. The summed E-state index contributed by atoms with van der Waals surface area (Å²) in [6.07, 6.45) is 3.32. The van der Waals surface area contributed by atoms with Gasteiger partial charge < -0.3 is 14.6 Å². The number of hydrogen-bond donors (Lipinski definition) is 1. The Labute approximate surface area is 130 Å². The Hall–Kier alpha value is -2.08. The maximum absolute atomic E-state index is 9.41. The third-order valence-electron chi connectivity index (χ3n) is 3.47. The molecule has 1 aromatic carbocycles. The molecule has 0 aliphatic rings. The van der Waals surface area contributed by atoms with Gasteiger partial charge in [0.15, 0.2) is 11.5 Å². The molecule has 1 heterocycles. The van der Waals surface area contributed by atoms with Crippen LogP contribution in [0.4, 0.5) is 0 Å². The molecule has 0 bridgehead atoms. The van der Waals surface area contributed by atoms with Crippen LogP contribution >= 0.6 is 0 Å². The number of rotatable bonds is 9. The minimum atomic E-state index is -0.140. The van der Waals surface area contributed by atoms with Crippen molar-refractivity contribution in [1.29, 1.82) is 0 Å². The van der Waals surface area contributed by atoms with Gasteiger partial charge in [-0.05, 0) is 18.6 Å². The summed E-state index contributed by atoms with van der Waals surface area (Å²) in [5, 5.41) is 17.5. The lowest BCUT2D eigenvalue weighted by molar-refractivity contribution is 0.255. The highest BCUT2D eigenvalue weighted by Crippen LogP contribution is 2.26. The lowest BCUT2D eigenvalue weighted by Gasteiger charge is -2.12. The molecule has 0 saturated carbocycles. The van der Waals surface area contributed by atoms with Gasteiger partial charge in [0.1, 0.15) is 18.0 Å². The van der Waals surface area contributed by atoms with E-state index in [9.17, 15) is 5.11 Å². The zero-order chi connectivity index (χ0) is 15.8. The maximum Gasteiger partial charge on any atom is 0.161 e. The molecule has 22 heavy (non-hydrogen) atoms. The van der Waals surface area contributed by atoms with E-state index in [1.54, 1.807) is 7.11 Å². The summed E-state index contributed by atoms with van der Waals surface area (Å²) in [4.78, 5) is 0. The standard InChI is InChI=1S/C16H23N3O3/c1-3-4-7-10-19-14(13(11-20)17-18-19)12-22-16-9-6-5-8-15(16)21-2/h5-6,8-9,20H,3-4,7,10-12H2,1-2H3. The number of benzene rings is 1. The van der Waals surface area contributed by atoms with Gasteiger partial charge in [-0.3, -0.25) is 0 Å². The monoisotopic (exact) mass is 305 g/mol. The van der Waals surface area contributed by atoms with Crippen LogP contribution in [0.15, 0.2) is 24.3 Å². The van der Waals surface area contributed by atoms with E-state index in [0.717, 1.165) is 31.5 Å². The van der Waals surface area contributed by atoms with Crippen molar-refractivity contribution in [3.05, 3.63) is 35.7 Å². The number of hydrogen-bond acceptors (Lipinski definition) is 5. The van der Waals surface area contributed by atoms with E-state index in [0.29, 0.717) is 23.8 Å². The number of para-hydroxylation sites is 2. The third kappa shape index (κ3) is 3.98. The van der Waals surface area contributed by atoms with Gasteiger partial charge in [-0.15, -0.1) is 5.10 Å². The second-order valence-corrected chi connectivity index (χ2v) is 5.01. The molecule has 1 aromatic heterocycles. The van der Waals surface area contributed by atoms with Gasteiger partial charge in [-0.2, -0.15) is 0 Å². The van der Waals surface area contributed by atoms with E-state index >= 15 is 0 Å². The van der Waals surface area contributed by atoms with Crippen LogP contribution in [-0.4, -0.2) is 27.2 Å². The van der Waals surface area contributed by atoms with Crippen LogP contribution in [0, 0.1) is 0 Å². The first-order valence-electron chi connectivity index (χ1n) is 7.58. The summed E-state index contributed by atoms with van der Waals surface area (Å²) in [5.74, 6) is 1.34. The van der Waals surface area contributed by atoms with Gasteiger partial charge in [-0.25, -0.2) is 4.68 Å². The largest absolute Gasteiger partial charge is 0.493 e.